The molecule has 11 heteroatoms. The van der Waals surface area contributed by atoms with Crippen molar-refractivity contribution in [2.75, 3.05) is 24.6 Å². The Morgan fingerprint density at radius 1 is 1.03 bits per heavy atom. The molecule has 0 saturated heterocycles. The fraction of sp³-hybridized carbons (Fsp3) is 0.348. The fourth-order valence-corrected chi connectivity index (χ4v) is 3.67. The summed E-state index contributed by atoms with van der Waals surface area (Å²) in [5.41, 5.74) is -0.564. The number of alkyl halides is 3. The minimum Gasteiger partial charge on any atom is -0.395 e. The Labute approximate surface area is 193 Å². The van der Waals surface area contributed by atoms with Gasteiger partial charge in [-0.2, -0.15) is 13.2 Å². The van der Waals surface area contributed by atoms with Crippen LogP contribution in [0.15, 0.2) is 48.5 Å². The number of benzene rings is 2. The van der Waals surface area contributed by atoms with Crippen LogP contribution in [0, 0.1) is 0 Å². The van der Waals surface area contributed by atoms with E-state index in [1.165, 1.54) is 4.90 Å². The number of hydrogen-bond donors (Lipinski definition) is 4. The van der Waals surface area contributed by atoms with E-state index in [9.17, 15) is 37.8 Å². The van der Waals surface area contributed by atoms with Gasteiger partial charge >= 0.3 is 6.18 Å². The number of anilines is 1. The molecule has 0 fully saturated rings. The molecule has 0 aromatic heterocycles. The van der Waals surface area contributed by atoms with Crippen molar-refractivity contribution < 1.29 is 37.8 Å². The molecule has 34 heavy (non-hydrogen) atoms. The zero-order valence-corrected chi connectivity index (χ0v) is 18.2. The summed E-state index contributed by atoms with van der Waals surface area (Å²) < 4.78 is 37.1. The summed E-state index contributed by atoms with van der Waals surface area (Å²) in [5, 5.41) is 24.3. The van der Waals surface area contributed by atoms with Gasteiger partial charge in [-0.05, 0) is 24.1 Å². The van der Waals surface area contributed by atoms with Crippen LogP contribution in [0.1, 0.15) is 24.9 Å². The molecule has 4 N–H and O–H groups in total. The fourth-order valence-electron chi connectivity index (χ4n) is 3.67. The second-order valence-corrected chi connectivity index (χ2v) is 7.92. The molecule has 182 valence electrons. The van der Waals surface area contributed by atoms with Gasteiger partial charge in [-0.25, -0.2) is 0 Å². The van der Waals surface area contributed by atoms with Gasteiger partial charge in [-0.15, -0.1) is 0 Å². The van der Waals surface area contributed by atoms with E-state index in [-0.39, 0.29) is 13.2 Å². The molecule has 8 nitrogen and oxygen atoms in total. The third-order valence-electron chi connectivity index (χ3n) is 5.45. The number of carbonyl (C=O) groups is 3. The Bertz CT molecular complexity index is 1090. The Balaban J connectivity index is 1.92. The summed E-state index contributed by atoms with van der Waals surface area (Å²) in [6, 6.07) is 12.4. The van der Waals surface area contributed by atoms with E-state index in [0.29, 0.717) is 22.4 Å². The van der Waals surface area contributed by atoms with Gasteiger partial charge in [0.1, 0.15) is 6.04 Å². The van der Waals surface area contributed by atoms with Gasteiger partial charge in [0.2, 0.25) is 5.60 Å². The molecule has 0 radical (unpaired) electrons. The van der Waals surface area contributed by atoms with Crippen molar-refractivity contribution in [1.29, 1.82) is 0 Å². The molecule has 0 aliphatic carbocycles. The maximum absolute atomic E-state index is 13.5. The lowest BCUT2D eigenvalue weighted by atomic mass is 9.94. The number of halogens is 3. The normalized spacial score (nSPS) is 17.2. The molecule has 3 rings (SSSR count). The molecule has 0 unspecified atom stereocenters. The monoisotopic (exact) mass is 479 g/mol. The first-order valence-corrected chi connectivity index (χ1v) is 10.5. The van der Waals surface area contributed by atoms with Crippen molar-refractivity contribution in [2.24, 2.45) is 0 Å². The van der Waals surface area contributed by atoms with Crippen molar-refractivity contribution in [3.8, 4) is 11.1 Å². The molecular weight excluding hydrogens is 455 g/mol. The number of nitrogens with one attached hydrogen (secondary N) is 2. The number of nitrogens with zero attached hydrogens (tertiary/aromatic N) is 1. The van der Waals surface area contributed by atoms with Crippen LogP contribution in [0.5, 0.6) is 0 Å². The summed E-state index contributed by atoms with van der Waals surface area (Å²) >= 11 is 0. The van der Waals surface area contributed by atoms with Gasteiger partial charge < -0.3 is 25.7 Å². The summed E-state index contributed by atoms with van der Waals surface area (Å²) in [6.45, 7) is -0.434. The van der Waals surface area contributed by atoms with Crippen LogP contribution < -0.4 is 15.5 Å². The van der Waals surface area contributed by atoms with Gasteiger partial charge in [0.25, 0.3) is 17.7 Å². The summed E-state index contributed by atoms with van der Waals surface area (Å²) in [7, 11) is 0. The Hall–Kier alpha value is -3.44. The van der Waals surface area contributed by atoms with E-state index < -0.39 is 48.5 Å². The number of carbonyl (C=O) groups excluding carboxylic acids is 3. The zero-order valence-electron chi connectivity index (χ0n) is 18.2. The number of β-amino-alcohol motifs (C(OH)–C–C–N with tert-alkyl or cyclic N) is 1. The van der Waals surface area contributed by atoms with Crippen LogP contribution in [0.2, 0.25) is 0 Å². The Morgan fingerprint density at radius 3 is 2.29 bits per heavy atom. The van der Waals surface area contributed by atoms with Crippen LogP contribution in [0.4, 0.5) is 18.9 Å². The largest absolute Gasteiger partial charge is 0.395 e. The molecule has 0 bridgehead atoms. The minimum absolute atomic E-state index is 0.0788. The Kier molecular flexibility index (Phi) is 7.27. The second kappa shape index (κ2) is 9.82. The predicted octanol–water partition coefficient (Wildman–Crippen LogP) is 1.67. The average Bonchev–Trinajstić information content (AvgIpc) is 2.88. The van der Waals surface area contributed by atoms with Crippen molar-refractivity contribution in [1.82, 2.24) is 10.6 Å². The van der Waals surface area contributed by atoms with Crippen LogP contribution >= 0.6 is 0 Å². The number of aliphatic hydroxyl groups is 2. The molecular formula is C23H24F3N3O5. The summed E-state index contributed by atoms with van der Waals surface area (Å²) in [4.78, 5) is 39.9. The standard InChI is InChI=1S/C23H24F3N3O5/c1-22(34,20(32)27-11-10-23(24,25)26)21(33)28-18-16-8-3-2-6-14(16)15-7-4-5-9-17(15)29(12-13-30)19(18)31/h2-9,18,30,34H,10-13H2,1H3,(H,27,32)(H,28,33)/t18-,22+/m0/s1. The molecule has 1 aliphatic rings. The quantitative estimate of drug-likeness (QED) is 0.451. The minimum atomic E-state index is -4.52. The van der Waals surface area contributed by atoms with E-state index in [1.54, 1.807) is 48.5 Å². The van der Waals surface area contributed by atoms with E-state index >= 15 is 0 Å². The van der Waals surface area contributed by atoms with E-state index in [2.05, 4.69) is 5.32 Å². The number of amides is 3. The maximum atomic E-state index is 13.5. The third kappa shape index (κ3) is 5.20. The summed E-state index contributed by atoms with van der Waals surface area (Å²) in [6.07, 6.45) is -5.86. The highest BCUT2D eigenvalue weighted by Crippen LogP contribution is 2.40. The highest BCUT2D eigenvalue weighted by molar-refractivity contribution is 6.11. The smallest absolute Gasteiger partial charge is 0.390 e. The van der Waals surface area contributed by atoms with Crippen molar-refractivity contribution in [3.05, 3.63) is 54.1 Å². The van der Waals surface area contributed by atoms with Crippen LogP contribution in [-0.4, -0.2) is 59.4 Å². The van der Waals surface area contributed by atoms with Crippen molar-refractivity contribution >= 4 is 23.4 Å². The lowest BCUT2D eigenvalue weighted by Crippen LogP contribution is -2.57. The van der Waals surface area contributed by atoms with Crippen LogP contribution in [-0.2, 0) is 14.4 Å². The maximum Gasteiger partial charge on any atom is 0.390 e. The molecule has 0 saturated carbocycles. The van der Waals surface area contributed by atoms with Crippen LogP contribution in [0.25, 0.3) is 11.1 Å². The molecule has 2 aromatic rings. The third-order valence-corrected chi connectivity index (χ3v) is 5.45. The first kappa shape index (κ1) is 25.2. The lowest BCUT2D eigenvalue weighted by Gasteiger charge is -2.28. The molecule has 2 atom stereocenters. The topological polar surface area (TPSA) is 119 Å². The van der Waals surface area contributed by atoms with Gasteiger partial charge in [0, 0.05) is 18.7 Å². The lowest BCUT2D eigenvalue weighted by molar-refractivity contribution is -0.154. The number of rotatable bonds is 7. The molecule has 0 spiro atoms. The first-order valence-electron chi connectivity index (χ1n) is 10.5. The Morgan fingerprint density at radius 2 is 1.65 bits per heavy atom. The van der Waals surface area contributed by atoms with Gasteiger partial charge in [0.05, 0.1) is 18.7 Å². The first-order chi connectivity index (χ1) is 16.0. The highest BCUT2D eigenvalue weighted by Gasteiger charge is 2.43. The second-order valence-electron chi connectivity index (χ2n) is 7.92. The van der Waals surface area contributed by atoms with E-state index in [0.717, 1.165) is 6.92 Å². The SMILES string of the molecule is C[C@@](O)(C(=O)NCCC(F)(F)F)C(=O)N[C@@H]1C(=O)N(CCO)c2ccccc2-c2ccccc21. The predicted molar refractivity (Wildman–Crippen MR) is 117 cm³/mol. The van der Waals surface area contributed by atoms with Crippen molar-refractivity contribution in [2.45, 2.75) is 31.2 Å². The van der Waals surface area contributed by atoms with E-state index in [1.807, 2.05) is 5.32 Å². The number of para-hydroxylation sites is 1. The average molecular weight is 479 g/mol. The molecule has 3 amide bonds. The van der Waals surface area contributed by atoms with Crippen molar-refractivity contribution in [3.63, 3.8) is 0 Å². The molecule has 1 heterocycles. The van der Waals surface area contributed by atoms with Gasteiger partial charge in [0.15, 0.2) is 0 Å². The number of aliphatic hydroxyl groups excluding tert-OH is 1. The molecule has 2 aromatic carbocycles. The molecule has 1 aliphatic heterocycles. The van der Waals surface area contributed by atoms with Gasteiger partial charge in [-0.1, -0.05) is 42.5 Å². The zero-order chi connectivity index (χ0) is 25.1. The highest BCUT2D eigenvalue weighted by atomic mass is 19.4. The van der Waals surface area contributed by atoms with E-state index in [4.69, 9.17) is 0 Å². The summed E-state index contributed by atoms with van der Waals surface area (Å²) in [5.74, 6) is -3.22. The van der Waals surface area contributed by atoms with Gasteiger partial charge in [-0.3, -0.25) is 14.4 Å². The van der Waals surface area contributed by atoms with Crippen LogP contribution in [0.3, 0.4) is 0 Å². The number of hydrogen-bond acceptors (Lipinski definition) is 5. The number of fused-ring (bicyclic) bond motifs is 3.